The molecule has 0 aliphatic carbocycles. The summed E-state index contributed by atoms with van der Waals surface area (Å²) in [6, 6.07) is 5.59. The summed E-state index contributed by atoms with van der Waals surface area (Å²) in [5, 5.41) is 31.3. The van der Waals surface area contributed by atoms with E-state index in [0.29, 0.717) is 11.3 Å². The number of hydrogen-bond acceptors (Lipinski definition) is 7. The molecule has 172 valence electrons. The first-order valence-electron chi connectivity index (χ1n) is 9.67. The average Bonchev–Trinajstić information content (AvgIpc) is 2.71. The molecule has 4 N–H and O–H groups in total. The lowest BCUT2D eigenvalue weighted by molar-refractivity contribution is -0.140. The first kappa shape index (κ1) is 26.1. The summed E-state index contributed by atoms with van der Waals surface area (Å²) >= 11 is 0. The summed E-state index contributed by atoms with van der Waals surface area (Å²) in [6.07, 6.45) is -0.680. The molecule has 0 heterocycles. The number of nitrogens with one attached hydrogen (secondary N) is 2. The molecule has 0 spiro atoms. The molecular weight excluding hydrogens is 422 g/mol. The third-order valence-corrected chi connectivity index (χ3v) is 4.39. The minimum atomic E-state index is -1.27. The zero-order valence-corrected chi connectivity index (χ0v) is 17.7. The van der Waals surface area contributed by atoms with Gasteiger partial charge < -0.3 is 25.6 Å². The van der Waals surface area contributed by atoms with Gasteiger partial charge in [0.25, 0.3) is 0 Å². The van der Waals surface area contributed by atoms with Crippen molar-refractivity contribution in [1.82, 2.24) is 10.6 Å². The number of benzene rings is 1. The molecule has 0 aromatic heterocycles. The molecule has 0 saturated heterocycles. The number of amides is 2. The highest BCUT2D eigenvalue weighted by Gasteiger charge is 2.28. The van der Waals surface area contributed by atoms with E-state index in [1.165, 1.54) is 19.1 Å². The van der Waals surface area contributed by atoms with Crippen molar-refractivity contribution in [2.24, 2.45) is 5.92 Å². The molecule has 32 heavy (non-hydrogen) atoms. The maximum Gasteiger partial charge on any atom is 0.341 e. The fraction of sp³-hybridized carbons (Fsp3) is 0.429. The molecule has 1 rings (SSSR count). The van der Waals surface area contributed by atoms with Crippen molar-refractivity contribution in [2.45, 2.75) is 45.2 Å². The van der Waals surface area contributed by atoms with Crippen molar-refractivity contribution >= 4 is 29.5 Å². The van der Waals surface area contributed by atoms with Crippen molar-refractivity contribution in [3.05, 3.63) is 29.8 Å². The highest BCUT2D eigenvalue weighted by atomic mass is 16.5. The van der Waals surface area contributed by atoms with E-state index < -0.39 is 60.6 Å². The van der Waals surface area contributed by atoms with Crippen LogP contribution in [0.15, 0.2) is 24.3 Å². The van der Waals surface area contributed by atoms with Gasteiger partial charge in [-0.2, -0.15) is 5.26 Å². The van der Waals surface area contributed by atoms with Crippen LogP contribution in [0.25, 0.3) is 0 Å². The van der Waals surface area contributed by atoms with Gasteiger partial charge in [0.05, 0.1) is 18.5 Å². The number of Topliss-reactive ketones (excluding diaryl/α,β-unsaturated/α-hetero) is 1. The first-order valence-corrected chi connectivity index (χ1v) is 9.67. The first-order chi connectivity index (χ1) is 15.0. The number of rotatable bonds is 13. The molecule has 0 aliphatic rings. The van der Waals surface area contributed by atoms with E-state index in [-0.39, 0.29) is 12.8 Å². The lowest BCUT2D eigenvalue weighted by Gasteiger charge is -2.23. The Hall–Kier alpha value is -3.94. The fourth-order valence-electron chi connectivity index (χ4n) is 2.60. The summed E-state index contributed by atoms with van der Waals surface area (Å²) in [5.74, 6) is -4.66. The van der Waals surface area contributed by atoms with Crippen LogP contribution in [0.1, 0.15) is 32.3 Å². The fourth-order valence-corrected chi connectivity index (χ4v) is 2.60. The maximum absolute atomic E-state index is 12.8. The standard InChI is InChI=1S/C21H25N3O8/c1-12(7-8-22)20(30)24-17(21(31)23-16(13(2)25)10-18(26)27)9-14-3-5-15(6-4-14)32-11-19(28)29/h3-6,12,16-17H,7,9-11H2,1-2H3,(H,23,31)(H,24,30)(H,26,27)(H,28,29)/t12-,16-,17?/m0/s1. The van der Waals surface area contributed by atoms with Crippen LogP contribution in [0.5, 0.6) is 5.75 Å². The molecule has 1 unspecified atom stereocenters. The zero-order chi connectivity index (χ0) is 24.3. The van der Waals surface area contributed by atoms with Crippen LogP contribution < -0.4 is 15.4 Å². The van der Waals surface area contributed by atoms with Crippen molar-refractivity contribution < 1.29 is 38.9 Å². The van der Waals surface area contributed by atoms with Gasteiger partial charge in [0.1, 0.15) is 11.8 Å². The Labute approximate surface area is 184 Å². The number of carboxylic acids is 2. The maximum atomic E-state index is 12.8. The van der Waals surface area contributed by atoms with Crippen molar-refractivity contribution in [3.8, 4) is 11.8 Å². The number of nitrogens with zero attached hydrogens (tertiary/aromatic N) is 1. The monoisotopic (exact) mass is 447 g/mol. The number of carbonyl (C=O) groups excluding carboxylic acids is 3. The molecule has 0 aliphatic heterocycles. The minimum Gasteiger partial charge on any atom is -0.482 e. The van der Waals surface area contributed by atoms with Crippen LogP contribution in [0.3, 0.4) is 0 Å². The number of hydrogen-bond donors (Lipinski definition) is 4. The Morgan fingerprint density at radius 2 is 1.59 bits per heavy atom. The molecule has 0 bridgehead atoms. The summed E-state index contributed by atoms with van der Waals surface area (Å²) in [6.45, 7) is 2.14. The summed E-state index contributed by atoms with van der Waals surface area (Å²) in [5.41, 5.74) is 0.582. The van der Waals surface area contributed by atoms with E-state index in [1.807, 2.05) is 6.07 Å². The molecule has 3 atom stereocenters. The second-order valence-corrected chi connectivity index (χ2v) is 7.12. The van der Waals surface area contributed by atoms with Gasteiger partial charge in [0.2, 0.25) is 11.8 Å². The molecule has 2 amide bonds. The SMILES string of the molecule is CC(=O)[C@H](CC(=O)O)NC(=O)C(Cc1ccc(OCC(=O)O)cc1)NC(=O)[C@@H](C)CC#N. The van der Waals surface area contributed by atoms with Gasteiger partial charge >= 0.3 is 11.9 Å². The van der Waals surface area contributed by atoms with E-state index >= 15 is 0 Å². The predicted octanol–water partition coefficient (Wildman–Crippen LogP) is 0.276. The van der Waals surface area contributed by atoms with E-state index in [2.05, 4.69) is 10.6 Å². The highest BCUT2D eigenvalue weighted by Crippen LogP contribution is 2.14. The minimum absolute atomic E-state index is 0.00620. The smallest absolute Gasteiger partial charge is 0.341 e. The number of aliphatic carboxylic acids is 2. The van der Waals surface area contributed by atoms with Crippen LogP contribution in [0.2, 0.25) is 0 Å². The highest BCUT2D eigenvalue weighted by molar-refractivity contribution is 5.94. The lowest BCUT2D eigenvalue weighted by Crippen LogP contribution is -2.53. The third kappa shape index (κ3) is 9.25. The van der Waals surface area contributed by atoms with Crippen LogP contribution >= 0.6 is 0 Å². The molecule has 11 heteroatoms. The molecule has 11 nitrogen and oxygen atoms in total. The van der Waals surface area contributed by atoms with Gasteiger partial charge in [-0.05, 0) is 24.6 Å². The van der Waals surface area contributed by atoms with Gasteiger partial charge in [-0.3, -0.25) is 19.2 Å². The summed E-state index contributed by atoms with van der Waals surface area (Å²) < 4.78 is 5.04. The van der Waals surface area contributed by atoms with Gasteiger partial charge in [-0.1, -0.05) is 19.1 Å². The Balaban J connectivity index is 3.01. The van der Waals surface area contributed by atoms with Crippen LogP contribution in [0.4, 0.5) is 0 Å². The molecule has 0 fully saturated rings. The Bertz CT molecular complexity index is 891. The van der Waals surface area contributed by atoms with E-state index in [9.17, 15) is 24.0 Å². The van der Waals surface area contributed by atoms with E-state index in [4.69, 9.17) is 20.2 Å². The number of carboxylic acid groups (broad SMARTS) is 2. The summed E-state index contributed by atoms with van der Waals surface area (Å²) in [4.78, 5) is 58.4. The second kappa shape index (κ2) is 12.7. The predicted molar refractivity (Wildman–Crippen MR) is 109 cm³/mol. The summed E-state index contributed by atoms with van der Waals surface area (Å²) in [7, 11) is 0. The Morgan fingerprint density at radius 3 is 2.09 bits per heavy atom. The molecule has 1 aromatic rings. The van der Waals surface area contributed by atoms with Crippen LogP contribution in [-0.4, -0.2) is 58.4 Å². The number of ketones is 1. The molecular formula is C21H25N3O8. The van der Waals surface area contributed by atoms with Crippen molar-refractivity contribution in [1.29, 1.82) is 5.26 Å². The average molecular weight is 447 g/mol. The van der Waals surface area contributed by atoms with Crippen LogP contribution in [-0.2, 0) is 30.4 Å². The number of ether oxygens (including phenoxy) is 1. The lowest BCUT2D eigenvalue weighted by atomic mass is 10.0. The second-order valence-electron chi connectivity index (χ2n) is 7.12. The van der Waals surface area contributed by atoms with Crippen molar-refractivity contribution in [2.75, 3.05) is 6.61 Å². The van der Waals surface area contributed by atoms with Gasteiger partial charge in [-0.15, -0.1) is 0 Å². The van der Waals surface area contributed by atoms with Gasteiger partial charge in [-0.25, -0.2) is 4.79 Å². The van der Waals surface area contributed by atoms with Crippen LogP contribution in [0, 0.1) is 17.2 Å². The number of nitriles is 1. The van der Waals surface area contributed by atoms with Crippen molar-refractivity contribution in [3.63, 3.8) is 0 Å². The Morgan fingerprint density at radius 1 is 1.00 bits per heavy atom. The number of carbonyl (C=O) groups is 5. The molecule has 0 saturated carbocycles. The third-order valence-electron chi connectivity index (χ3n) is 4.39. The molecule has 1 aromatic carbocycles. The van der Waals surface area contributed by atoms with E-state index in [0.717, 1.165) is 6.92 Å². The topological polar surface area (TPSA) is 183 Å². The quantitative estimate of drug-likeness (QED) is 0.330. The molecule has 0 radical (unpaired) electrons. The Kier molecular flexibility index (Phi) is 10.3. The van der Waals surface area contributed by atoms with Gasteiger partial charge in [0, 0.05) is 18.8 Å². The normalized spacial score (nSPS) is 13.0. The largest absolute Gasteiger partial charge is 0.482 e. The zero-order valence-electron chi connectivity index (χ0n) is 17.7. The van der Waals surface area contributed by atoms with Gasteiger partial charge in [0.15, 0.2) is 12.4 Å². The van der Waals surface area contributed by atoms with E-state index in [1.54, 1.807) is 12.1 Å².